The lowest BCUT2D eigenvalue weighted by Gasteiger charge is -2.25. The molecule has 1 aromatic rings. The van der Waals surface area contributed by atoms with Crippen LogP contribution in [0, 0.1) is 5.92 Å². The minimum absolute atomic E-state index is 0.0305. The molecule has 1 aliphatic heterocycles. The van der Waals surface area contributed by atoms with E-state index in [1.165, 1.54) is 0 Å². The monoisotopic (exact) mass is 310 g/mol. The highest BCUT2D eigenvalue weighted by molar-refractivity contribution is 6.30. The van der Waals surface area contributed by atoms with Crippen molar-refractivity contribution >= 4 is 17.6 Å². The predicted molar refractivity (Wildman–Crippen MR) is 84.5 cm³/mol. The first-order valence-corrected chi connectivity index (χ1v) is 7.84. The number of nitrogens with zero attached hydrogens (tertiary/aromatic N) is 1. The topological polar surface area (TPSA) is 41.6 Å². The second-order valence-corrected chi connectivity index (χ2v) is 5.99. The van der Waals surface area contributed by atoms with E-state index >= 15 is 0 Å². The lowest BCUT2D eigenvalue weighted by Crippen LogP contribution is -2.38. The van der Waals surface area contributed by atoms with Crippen molar-refractivity contribution in [3.63, 3.8) is 0 Å². The van der Waals surface area contributed by atoms with Crippen LogP contribution in [0.1, 0.15) is 24.8 Å². The van der Waals surface area contributed by atoms with Crippen molar-refractivity contribution in [3.05, 3.63) is 34.9 Å². The maximum atomic E-state index is 12.0. The van der Waals surface area contributed by atoms with Crippen molar-refractivity contribution in [1.29, 1.82) is 0 Å². The first-order valence-electron chi connectivity index (χ1n) is 7.46. The fourth-order valence-electron chi connectivity index (χ4n) is 2.43. The predicted octanol–water partition coefficient (Wildman–Crippen LogP) is 3.30. The van der Waals surface area contributed by atoms with E-state index in [1.54, 1.807) is 4.90 Å². The first-order chi connectivity index (χ1) is 10.1. The van der Waals surface area contributed by atoms with Gasteiger partial charge in [-0.05, 0) is 42.9 Å². The summed E-state index contributed by atoms with van der Waals surface area (Å²) in [7, 11) is 1.84. The Kier molecular flexibility index (Phi) is 6.33. The molecule has 2 rings (SSSR count). The quantitative estimate of drug-likeness (QED) is 0.906. The van der Waals surface area contributed by atoms with Gasteiger partial charge < -0.3 is 15.0 Å². The SMILES string of the molecule is CN(CCC1CCOCC1)C(=O)NCc1ccc(Cl)cc1. The van der Waals surface area contributed by atoms with E-state index in [-0.39, 0.29) is 6.03 Å². The summed E-state index contributed by atoms with van der Waals surface area (Å²) in [5, 5.41) is 3.63. The number of amides is 2. The highest BCUT2D eigenvalue weighted by Gasteiger charge is 2.16. The molecule has 0 aromatic heterocycles. The summed E-state index contributed by atoms with van der Waals surface area (Å²) in [6.07, 6.45) is 3.27. The Morgan fingerprint density at radius 3 is 2.67 bits per heavy atom. The van der Waals surface area contributed by atoms with Crippen LogP contribution in [0.4, 0.5) is 4.79 Å². The van der Waals surface area contributed by atoms with Gasteiger partial charge in [0, 0.05) is 38.4 Å². The van der Waals surface area contributed by atoms with Gasteiger partial charge in [-0.2, -0.15) is 0 Å². The number of rotatable bonds is 5. The molecule has 1 aromatic carbocycles. The van der Waals surface area contributed by atoms with E-state index in [0.29, 0.717) is 17.5 Å². The maximum Gasteiger partial charge on any atom is 0.317 e. The molecule has 1 aliphatic rings. The Bertz CT molecular complexity index is 444. The number of urea groups is 1. The van der Waals surface area contributed by atoms with Gasteiger partial charge in [-0.1, -0.05) is 23.7 Å². The zero-order chi connectivity index (χ0) is 15.1. The molecule has 5 heteroatoms. The normalized spacial score (nSPS) is 15.7. The van der Waals surface area contributed by atoms with Crippen molar-refractivity contribution in [2.24, 2.45) is 5.92 Å². The van der Waals surface area contributed by atoms with E-state index in [2.05, 4.69) is 5.32 Å². The molecule has 1 heterocycles. The molecular formula is C16H23ClN2O2. The van der Waals surface area contributed by atoms with E-state index in [4.69, 9.17) is 16.3 Å². The molecular weight excluding hydrogens is 288 g/mol. The minimum Gasteiger partial charge on any atom is -0.381 e. The van der Waals surface area contributed by atoms with Gasteiger partial charge >= 0.3 is 6.03 Å². The number of nitrogens with one attached hydrogen (secondary N) is 1. The molecule has 116 valence electrons. The molecule has 0 aliphatic carbocycles. The average Bonchev–Trinajstić information content (AvgIpc) is 2.52. The third-order valence-corrected chi connectivity index (χ3v) is 4.17. The van der Waals surface area contributed by atoms with Gasteiger partial charge in [0.15, 0.2) is 0 Å². The summed E-state index contributed by atoms with van der Waals surface area (Å²) in [5.41, 5.74) is 1.05. The number of halogens is 1. The number of benzene rings is 1. The highest BCUT2D eigenvalue weighted by atomic mass is 35.5. The summed E-state index contributed by atoms with van der Waals surface area (Å²) < 4.78 is 5.35. The Morgan fingerprint density at radius 2 is 2.00 bits per heavy atom. The van der Waals surface area contributed by atoms with Crippen LogP contribution in [-0.4, -0.2) is 37.7 Å². The van der Waals surface area contributed by atoms with Crippen LogP contribution < -0.4 is 5.32 Å². The lowest BCUT2D eigenvalue weighted by molar-refractivity contribution is 0.0619. The van der Waals surface area contributed by atoms with Crippen LogP contribution in [0.5, 0.6) is 0 Å². The number of carbonyl (C=O) groups is 1. The number of hydrogen-bond donors (Lipinski definition) is 1. The van der Waals surface area contributed by atoms with E-state index in [0.717, 1.165) is 44.6 Å². The van der Waals surface area contributed by atoms with Crippen molar-refractivity contribution < 1.29 is 9.53 Å². The second-order valence-electron chi connectivity index (χ2n) is 5.55. The number of ether oxygens (including phenoxy) is 1. The fraction of sp³-hybridized carbons (Fsp3) is 0.562. The summed E-state index contributed by atoms with van der Waals surface area (Å²) in [4.78, 5) is 13.8. The first kappa shape index (κ1) is 16.1. The molecule has 1 N–H and O–H groups in total. The molecule has 2 amide bonds. The van der Waals surface area contributed by atoms with Crippen LogP contribution in [-0.2, 0) is 11.3 Å². The van der Waals surface area contributed by atoms with E-state index in [9.17, 15) is 4.79 Å². The molecule has 0 unspecified atom stereocenters. The molecule has 0 spiro atoms. The summed E-state index contributed by atoms with van der Waals surface area (Å²) in [5.74, 6) is 0.685. The zero-order valence-electron chi connectivity index (χ0n) is 12.5. The molecule has 1 saturated heterocycles. The van der Waals surface area contributed by atoms with Crippen molar-refractivity contribution in [1.82, 2.24) is 10.2 Å². The third-order valence-electron chi connectivity index (χ3n) is 3.92. The Balaban J connectivity index is 1.68. The maximum absolute atomic E-state index is 12.0. The van der Waals surface area contributed by atoms with Gasteiger partial charge in [0.2, 0.25) is 0 Å². The van der Waals surface area contributed by atoms with Gasteiger partial charge in [-0.15, -0.1) is 0 Å². The van der Waals surface area contributed by atoms with Crippen LogP contribution in [0.25, 0.3) is 0 Å². The smallest absolute Gasteiger partial charge is 0.317 e. The highest BCUT2D eigenvalue weighted by Crippen LogP contribution is 2.18. The van der Waals surface area contributed by atoms with Crippen molar-refractivity contribution in [3.8, 4) is 0 Å². The van der Waals surface area contributed by atoms with Crippen LogP contribution >= 0.6 is 11.6 Å². The minimum atomic E-state index is -0.0305. The van der Waals surface area contributed by atoms with Crippen molar-refractivity contribution in [2.75, 3.05) is 26.8 Å². The molecule has 1 fully saturated rings. The summed E-state index contributed by atoms with van der Waals surface area (Å²) in [6.45, 7) is 3.03. The van der Waals surface area contributed by atoms with Crippen LogP contribution in [0.3, 0.4) is 0 Å². The Labute approximate surface area is 131 Å². The fourth-order valence-corrected chi connectivity index (χ4v) is 2.55. The molecule has 21 heavy (non-hydrogen) atoms. The van der Waals surface area contributed by atoms with Crippen molar-refractivity contribution in [2.45, 2.75) is 25.8 Å². The largest absolute Gasteiger partial charge is 0.381 e. The average molecular weight is 311 g/mol. The standard InChI is InChI=1S/C16H23ClN2O2/c1-19(9-6-13-7-10-21-11-8-13)16(20)18-12-14-2-4-15(17)5-3-14/h2-5,13H,6-12H2,1H3,(H,18,20). The Hall–Kier alpha value is -1.26. The number of hydrogen-bond acceptors (Lipinski definition) is 2. The molecule has 0 saturated carbocycles. The second kappa shape index (κ2) is 8.25. The summed E-state index contributed by atoms with van der Waals surface area (Å²) in [6, 6.07) is 7.47. The Morgan fingerprint density at radius 1 is 1.33 bits per heavy atom. The van der Waals surface area contributed by atoms with Gasteiger partial charge in [0.05, 0.1) is 0 Å². The van der Waals surface area contributed by atoms with Gasteiger partial charge in [0.25, 0.3) is 0 Å². The molecule has 0 radical (unpaired) electrons. The van der Waals surface area contributed by atoms with E-state index < -0.39 is 0 Å². The summed E-state index contributed by atoms with van der Waals surface area (Å²) >= 11 is 5.84. The van der Waals surface area contributed by atoms with Crippen LogP contribution in [0.15, 0.2) is 24.3 Å². The van der Waals surface area contributed by atoms with Gasteiger partial charge in [0.1, 0.15) is 0 Å². The van der Waals surface area contributed by atoms with Crippen LogP contribution in [0.2, 0.25) is 5.02 Å². The lowest BCUT2D eigenvalue weighted by atomic mass is 9.96. The number of carbonyl (C=O) groups excluding carboxylic acids is 1. The molecule has 0 atom stereocenters. The molecule has 0 bridgehead atoms. The van der Waals surface area contributed by atoms with Gasteiger partial charge in [-0.3, -0.25) is 0 Å². The third kappa shape index (κ3) is 5.56. The molecule has 4 nitrogen and oxygen atoms in total. The van der Waals surface area contributed by atoms with Gasteiger partial charge in [-0.25, -0.2) is 4.79 Å². The zero-order valence-corrected chi connectivity index (χ0v) is 13.2. The van der Waals surface area contributed by atoms with E-state index in [1.807, 2.05) is 31.3 Å².